The molecule has 8 nitrogen and oxygen atoms in total. The maximum absolute atomic E-state index is 12.0. The van der Waals surface area contributed by atoms with E-state index in [4.69, 9.17) is 4.42 Å². The van der Waals surface area contributed by atoms with Crippen molar-refractivity contribution in [3.8, 4) is 0 Å². The highest BCUT2D eigenvalue weighted by Crippen LogP contribution is 2.23. The van der Waals surface area contributed by atoms with Crippen molar-refractivity contribution in [2.24, 2.45) is 5.92 Å². The van der Waals surface area contributed by atoms with Crippen molar-refractivity contribution < 1.29 is 14.0 Å². The van der Waals surface area contributed by atoms with Gasteiger partial charge in [0.15, 0.2) is 5.16 Å². The molecule has 26 heavy (non-hydrogen) atoms. The summed E-state index contributed by atoms with van der Waals surface area (Å²) in [5.41, 5.74) is 0. The number of nitrogens with zero attached hydrogens (tertiary/aromatic N) is 3. The van der Waals surface area contributed by atoms with Gasteiger partial charge in [-0.1, -0.05) is 31.5 Å². The van der Waals surface area contributed by atoms with Crippen molar-refractivity contribution in [1.29, 1.82) is 0 Å². The number of thioether (sulfide) groups is 1. The molecule has 2 N–H and O–H groups in total. The zero-order chi connectivity index (χ0) is 18.4. The third-order valence-electron chi connectivity index (χ3n) is 4.50. The van der Waals surface area contributed by atoms with Crippen LogP contribution in [0.15, 0.2) is 34.3 Å². The molecule has 1 aliphatic carbocycles. The van der Waals surface area contributed by atoms with Gasteiger partial charge >= 0.3 is 6.03 Å². The van der Waals surface area contributed by atoms with Crippen LogP contribution in [0.3, 0.4) is 0 Å². The second-order valence-corrected chi connectivity index (χ2v) is 7.44. The lowest BCUT2D eigenvalue weighted by molar-refractivity contribution is -0.117. The number of aromatic nitrogens is 3. The summed E-state index contributed by atoms with van der Waals surface area (Å²) >= 11 is 1.23. The van der Waals surface area contributed by atoms with Crippen LogP contribution in [0.25, 0.3) is 0 Å². The van der Waals surface area contributed by atoms with Crippen molar-refractivity contribution >= 4 is 23.7 Å². The lowest BCUT2D eigenvalue weighted by Crippen LogP contribution is -2.48. The number of hydrogen-bond donors (Lipinski definition) is 2. The summed E-state index contributed by atoms with van der Waals surface area (Å²) in [4.78, 5) is 24.0. The number of rotatable bonds is 6. The van der Waals surface area contributed by atoms with E-state index in [-0.39, 0.29) is 17.7 Å². The second-order valence-electron chi connectivity index (χ2n) is 6.50. The van der Waals surface area contributed by atoms with Gasteiger partial charge in [-0.3, -0.25) is 10.1 Å². The topological polar surface area (TPSA) is 102 Å². The van der Waals surface area contributed by atoms with Crippen molar-refractivity contribution in [2.45, 2.75) is 50.4 Å². The summed E-state index contributed by atoms with van der Waals surface area (Å²) in [6, 6.07) is 3.38. The van der Waals surface area contributed by atoms with Crippen LogP contribution >= 0.6 is 11.8 Å². The monoisotopic (exact) mass is 377 g/mol. The number of nitrogens with one attached hydrogen (secondary N) is 2. The highest BCUT2D eigenvalue weighted by Gasteiger charge is 2.23. The Balaban J connectivity index is 1.44. The van der Waals surface area contributed by atoms with E-state index in [0.29, 0.717) is 17.6 Å². The minimum Gasteiger partial charge on any atom is -0.467 e. The first-order valence-corrected chi connectivity index (χ1v) is 9.73. The highest BCUT2D eigenvalue weighted by molar-refractivity contribution is 7.99. The maximum atomic E-state index is 12.0. The largest absolute Gasteiger partial charge is 0.467 e. The van der Waals surface area contributed by atoms with Gasteiger partial charge in [0, 0.05) is 6.04 Å². The summed E-state index contributed by atoms with van der Waals surface area (Å²) in [6.45, 7) is 2.62. The Morgan fingerprint density at radius 3 is 3.00 bits per heavy atom. The number of carbonyl (C=O) groups is 2. The molecule has 2 heterocycles. The van der Waals surface area contributed by atoms with Crippen molar-refractivity contribution in [1.82, 2.24) is 25.4 Å². The number of furan rings is 1. The van der Waals surface area contributed by atoms with E-state index >= 15 is 0 Å². The minimum absolute atomic E-state index is 0.0878. The van der Waals surface area contributed by atoms with Crippen LogP contribution in [0.2, 0.25) is 0 Å². The van der Waals surface area contributed by atoms with Crippen molar-refractivity contribution in [2.75, 3.05) is 5.75 Å². The molecule has 2 unspecified atom stereocenters. The molecular formula is C17H23N5O3S. The number of imide groups is 1. The van der Waals surface area contributed by atoms with Gasteiger partial charge in [0.2, 0.25) is 5.91 Å². The Morgan fingerprint density at radius 2 is 2.23 bits per heavy atom. The summed E-state index contributed by atoms with van der Waals surface area (Å²) in [5.74, 6) is 0.949. The van der Waals surface area contributed by atoms with E-state index in [9.17, 15) is 9.59 Å². The molecule has 140 valence electrons. The molecule has 0 aliphatic heterocycles. The molecule has 3 rings (SSSR count). The van der Waals surface area contributed by atoms with Gasteiger partial charge in [-0.25, -0.2) is 4.79 Å². The molecule has 3 amide bonds. The van der Waals surface area contributed by atoms with Crippen molar-refractivity contribution in [3.05, 3.63) is 30.5 Å². The van der Waals surface area contributed by atoms with E-state index in [0.717, 1.165) is 25.0 Å². The van der Waals surface area contributed by atoms with Crippen LogP contribution in [0.1, 0.15) is 38.4 Å². The highest BCUT2D eigenvalue weighted by atomic mass is 32.2. The fourth-order valence-corrected chi connectivity index (χ4v) is 3.78. The fraction of sp³-hybridized carbons (Fsp3) is 0.529. The van der Waals surface area contributed by atoms with Gasteiger partial charge in [0.25, 0.3) is 0 Å². The smallest absolute Gasteiger partial charge is 0.321 e. The van der Waals surface area contributed by atoms with E-state index in [1.54, 1.807) is 17.2 Å². The Morgan fingerprint density at radius 1 is 1.38 bits per heavy atom. The zero-order valence-electron chi connectivity index (χ0n) is 14.7. The predicted octanol–water partition coefficient (Wildman–Crippen LogP) is 2.42. The molecule has 0 aromatic carbocycles. The number of carbonyl (C=O) groups excluding carboxylic acids is 2. The van der Waals surface area contributed by atoms with Gasteiger partial charge in [0.05, 0.1) is 18.6 Å². The Labute approximate surface area is 156 Å². The third kappa shape index (κ3) is 5.10. The summed E-state index contributed by atoms with van der Waals surface area (Å²) in [5, 5.41) is 13.8. The Kier molecular flexibility index (Phi) is 6.32. The first-order valence-electron chi connectivity index (χ1n) is 8.75. The molecule has 2 atom stereocenters. The van der Waals surface area contributed by atoms with E-state index in [1.807, 2.05) is 12.1 Å². The van der Waals surface area contributed by atoms with Crippen LogP contribution in [-0.4, -0.2) is 38.5 Å². The van der Waals surface area contributed by atoms with Gasteiger partial charge in [0.1, 0.15) is 12.1 Å². The molecule has 2 aromatic rings. The zero-order valence-corrected chi connectivity index (χ0v) is 15.5. The summed E-state index contributed by atoms with van der Waals surface area (Å²) in [6.07, 6.45) is 7.58. The average Bonchev–Trinajstić information content (AvgIpc) is 3.27. The second kappa shape index (κ2) is 8.88. The summed E-state index contributed by atoms with van der Waals surface area (Å²) in [7, 11) is 0. The predicted molar refractivity (Wildman–Crippen MR) is 96.7 cm³/mol. The molecule has 1 aliphatic rings. The maximum Gasteiger partial charge on any atom is 0.321 e. The molecule has 2 aromatic heterocycles. The first-order chi connectivity index (χ1) is 12.6. The number of amides is 3. The molecule has 0 bridgehead atoms. The SMILES string of the molecule is CC1CCCCC1NC(=O)NC(=O)CSc1nncn1Cc1ccco1. The van der Waals surface area contributed by atoms with Crippen LogP contribution in [-0.2, 0) is 11.3 Å². The summed E-state index contributed by atoms with van der Waals surface area (Å²) < 4.78 is 7.10. The number of urea groups is 1. The third-order valence-corrected chi connectivity index (χ3v) is 5.48. The van der Waals surface area contributed by atoms with Gasteiger partial charge in [-0.05, 0) is 30.9 Å². The lowest BCUT2D eigenvalue weighted by Gasteiger charge is -2.29. The van der Waals surface area contributed by atoms with Gasteiger partial charge < -0.3 is 14.3 Å². The molecule has 9 heteroatoms. The van der Waals surface area contributed by atoms with E-state index < -0.39 is 6.03 Å². The van der Waals surface area contributed by atoms with Gasteiger partial charge in [-0.2, -0.15) is 0 Å². The molecule has 0 spiro atoms. The van der Waals surface area contributed by atoms with E-state index in [2.05, 4.69) is 27.8 Å². The minimum atomic E-state index is -0.425. The van der Waals surface area contributed by atoms with Crippen LogP contribution < -0.4 is 10.6 Å². The van der Waals surface area contributed by atoms with Crippen LogP contribution in [0, 0.1) is 5.92 Å². The number of hydrogen-bond acceptors (Lipinski definition) is 6. The van der Waals surface area contributed by atoms with E-state index in [1.165, 1.54) is 18.2 Å². The quantitative estimate of drug-likeness (QED) is 0.750. The molecule has 0 radical (unpaired) electrons. The first kappa shape index (κ1) is 18.5. The van der Waals surface area contributed by atoms with Gasteiger partial charge in [-0.15, -0.1) is 10.2 Å². The standard InChI is InChI=1S/C17H23N5O3S/c1-12-5-2-3-7-14(12)19-16(24)20-15(23)10-26-17-21-18-11-22(17)9-13-6-4-8-25-13/h4,6,8,11-12,14H,2-3,5,7,9-10H2,1H3,(H2,19,20,23,24). The van der Waals surface area contributed by atoms with Crippen LogP contribution in [0.4, 0.5) is 4.79 Å². The molecule has 1 fully saturated rings. The van der Waals surface area contributed by atoms with Crippen molar-refractivity contribution in [3.63, 3.8) is 0 Å². The molecule has 0 saturated heterocycles. The normalized spacial score (nSPS) is 19.9. The molecular weight excluding hydrogens is 354 g/mol. The Hall–Kier alpha value is -2.29. The molecule has 1 saturated carbocycles. The van der Waals surface area contributed by atoms with Crippen LogP contribution in [0.5, 0.6) is 0 Å². The Bertz CT molecular complexity index is 731. The average molecular weight is 377 g/mol. The fourth-order valence-electron chi connectivity index (χ4n) is 3.06. The lowest BCUT2D eigenvalue weighted by atomic mass is 9.86.